The topological polar surface area (TPSA) is 38.3 Å². The van der Waals surface area contributed by atoms with E-state index in [0.29, 0.717) is 19.5 Å². The van der Waals surface area contributed by atoms with Crippen LogP contribution in [0, 0.1) is 5.82 Å². The van der Waals surface area contributed by atoms with E-state index in [1.807, 2.05) is 0 Å². The maximum atomic E-state index is 13.3. The van der Waals surface area contributed by atoms with E-state index in [0.717, 1.165) is 5.56 Å². The van der Waals surface area contributed by atoms with Crippen LogP contribution in [-0.4, -0.2) is 19.4 Å². The van der Waals surface area contributed by atoms with E-state index in [9.17, 15) is 9.18 Å². The highest BCUT2D eigenvalue weighted by atomic mass is 19.1. The number of Topliss-reactive ketones (excluding diaryl/α,β-unsaturated/α-hetero) is 1. The molecule has 0 aliphatic rings. The monoisotopic (exact) mass is 225 g/mol. The molecule has 3 nitrogen and oxygen atoms in total. The third-order valence-electron chi connectivity index (χ3n) is 2.20. The molecule has 0 unspecified atom stereocenters. The van der Waals surface area contributed by atoms with E-state index in [2.05, 4.69) is 5.32 Å². The number of methoxy groups -OCH3 is 1. The third-order valence-corrected chi connectivity index (χ3v) is 2.20. The summed E-state index contributed by atoms with van der Waals surface area (Å²) in [6.07, 6.45) is 0.499. The molecule has 0 radical (unpaired) electrons. The lowest BCUT2D eigenvalue weighted by Gasteiger charge is -2.06. The van der Waals surface area contributed by atoms with Crippen molar-refractivity contribution in [3.63, 3.8) is 0 Å². The summed E-state index contributed by atoms with van der Waals surface area (Å²) in [5, 5.41) is 3.07. The Kier molecular flexibility index (Phi) is 4.92. The predicted molar refractivity (Wildman–Crippen MR) is 60.0 cm³/mol. The van der Waals surface area contributed by atoms with Gasteiger partial charge in [0, 0.05) is 19.5 Å². The molecule has 0 heterocycles. The molecule has 88 valence electrons. The van der Waals surface area contributed by atoms with Crippen molar-refractivity contribution in [1.82, 2.24) is 5.32 Å². The van der Waals surface area contributed by atoms with Crippen LogP contribution < -0.4 is 10.1 Å². The summed E-state index contributed by atoms with van der Waals surface area (Å²) in [4.78, 5) is 10.7. The van der Waals surface area contributed by atoms with Crippen LogP contribution in [0.15, 0.2) is 18.2 Å². The number of rotatable bonds is 6. The standard InChI is InChI=1S/C12H16FNO2/c1-9(15)5-6-14-8-10-3-4-12(16-2)11(13)7-10/h3-4,7,14H,5-6,8H2,1-2H3. The van der Waals surface area contributed by atoms with Crippen LogP contribution in [0.5, 0.6) is 5.75 Å². The fourth-order valence-corrected chi connectivity index (χ4v) is 1.32. The van der Waals surface area contributed by atoms with Crippen molar-refractivity contribution >= 4 is 5.78 Å². The smallest absolute Gasteiger partial charge is 0.165 e. The maximum absolute atomic E-state index is 13.3. The number of ketones is 1. The summed E-state index contributed by atoms with van der Waals surface area (Å²) in [5.74, 6) is 0.0225. The van der Waals surface area contributed by atoms with Crippen LogP contribution in [0.25, 0.3) is 0 Å². The molecule has 0 amide bonds. The first kappa shape index (κ1) is 12.6. The largest absolute Gasteiger partial charge is 0.494 e. The summed E-state index contributed by atoms with van der Waals surface area (Å²) in [7, 11) is 1.43. The fourth-order valence-electron chi connectivity index (χ4n) is 1.32. The van der Waals surface area contributed by atoms with Gasteiger partial charge in [-0.15, -0.1) is 0 Å². The van der Waals surface area contributed by atoms with E-state index >= 15 is 0 Å². The molecule has 0 aromatic heterocycles. The highest BCUT2D eigenvalue weighted by Crippen LogP contribution is 2.17. The van der Waals surface area contributed by atoms with Crippen LogP contribution in [0.3, 0.4) is 0 Å². The van der Waals surface area contributed by atoms with Gasteiger partial charge in [-0.3, -0.25) is 4.79 Å². The third kappa shape index (κ3) is 3.98. The van der Waals surface area contributed by atoms with Gasteiger partial charge in [-0.05, 0) is 24.6 Å². The number of benzene rings is 1. The molecule has 1 aromatic rings. The molecular weight excluding hydrogens is 209 g/mol. The van der Waals surface area contributed by atoms with E-state index in [1.165, 1.54) is 13.2 Å². The van der Waals surface area contributed by atoms with Crippen LogP contribution in [0.1, 0.15) is 18.9 Å². The molecule has 16 heavy (non-hydrogen) atoms. The molecule has 0 saturated heterocycles. The lowest BCUT2D eigenvalue weighted by molar-refractivity contribution is -0.116. The highest BCUT2D eigenvalue weighted by molar-refractivity contribution is 5.75. The van der Waals surface area contributed by atoms with E-state index in [-0.39, 0.29) is 17.3 Å². The summed E-state index contributed by atoms with van der Waals surface area (Å²) in [6.45, 7) is 2.71. The highest BCUT2D eigenvalue weighted by Gasteiger charge is 2.02. The number of carbonyl (C=O) groups is 1. The summed E-state index contributed by atoms with van der Waals surface area (Å²) >= 11 is 0. The minimum atomic E-state index is -0.367. The van der Waals surface area contributed by atoms with Crippen molar-refractivity contribution in [3.05, 3.63) is 29.6 Å². The predicted octanol–water partition coefficient (Wildman–Crippen LogP) is 1.90. The summed E-state index contributed by atoms with van der Waals surface area (Å²) in [5.41, 5.74) is 0.835. The SMILES string of the molecule is COc1ccc(CNCCC(C)=O)cc1F. The first-order valence-corrected chi connectivity index (χ1v) is 5.16. The average Bonchev–Trinajstić information content (AvgIpc) is 2.24. The number of halogens is 1. The van der Waals surface area contributed by atoms with Crippen molar-refractivity contribution in [2.75, 3.05) is 13.7 Å². The molecule has 0 spiro atoms. The molecule has 4 heteroatoms. The Labute approximate surface area is 94.6 Å². The molecule has 1 rings (SSSR count). The van der Waals surface area contributed by atoms with Gasteiger partial charge in [0.1, 0.15) is 5.78 Å². The van der Waals surface area contributed by atoms with Gasteiger partial charge in [0.25, 0.3) is 0 Å². The Morgan fingerprint density at radius 1 is 1.50 bits per heavy atom. The Hall–Kier alpha value is -1.42. The summed E-state index contributed by atoms with van der Waals surface area (Å²) in [6, 6.07) is 4.82. The van der Waals surface area contributed by atoms with E-state index in [1.54, 1.807) is 19.1 Å². The average molecular weight is 225 g/mol. The number of hydrogen-bond donors (Lipinski definition) is 1. The zero-order chi connectivity index (χ0) is 12.0. The van der Waals surface area contributed by atoms with E-state index in [4.69, 9.17) is 4.74 Å². The molecule has 0 aliphatic heterocycles. The van der Waals surface area contributed by atoms with Crippen LogP contribution in [-0.2, 0) is 11.3 Å². The van der Waals surface area contributed by atoms with Crippen molar-refractivity contribution in [2.24, 2.45) is 0 Å². The lowest BCUT2D eigenvalue weighted by Crippen LogP contribution is -2.16. The number of hydrogen-bond acceptors (Lipinski definition) is 3. The molecule has 0 bridgehead atoms. The first-order chi connectivity index (χ1) is 7.63. The molecule has 1 N–H and O–H groups in total. The molecule has 0 aliphatic carbocycles. The summed E-state index contributed by atoms with van der Waals surface area (Å²) < 4.78 is 18.1. The quantitative estimate of drug-likeness (QED) is 0.751. The Balaban J connectivity index is 2.43. The maximum Gasteiger partial charge on any atom is 0.165 e. The van der Waals surface area contributed by atoms with Crippen molar-refractivity contribution in [2.45, 2.75) is 19.9 Å². The number of nitrogens with one attached hydrogen (secondary N) is 1. The van der Waals surface area contributed by atoms with Crippen LogP contribution in [0.2, 0.25) is 0 Å². The molecule has 0 saturated carbocycles. The Morgan fingerprint density at radius 2 is 2.25 bits per heavy atom. The van der Waals surface area contributed by atoms with Crippen LogP contribution >= 0.6 is 0 Å². The molecule has 0 atom stereocenters. The second-order valence-corrected chi connectivity index (χ2v) is 3.60. The zero-order valence-electron chi connectivity index (χ0n) is 9.55. The Morgan fingerprint density at radius 3 is 2.81 bits per heavy atom. The second-order valence-electron chi connectivity index (χ2n) is 3.60. The van der Waals surface area contributed by atoms with Crippen molar-refractivity contribution < 1.29 is 13.9 Å². The van der Waals surface area contributed by atoms with Gasteiger partial charge in [0.2, 0.25) is 0 Å². The van der Waals surface area contributed by atoms with Crippen LogP contribution in [0.4, 0.5) is 4.39 Å². The fraction of sp³-hybridized carbons (Fsp3) is 0.417. The van der Waals surface area contributed by atoms with Gasteiger partial charge in [-0.25, -0.2) is 4.39 Å². The van der Waals surface area contributed by atoms with Gasteiger partial charge in [-0.2, -0.15) is 0 Å². The lowest BCUT2D eigenvalue weighted by atomic mass is 10.2. The van der Waals surface area contributed by atoms with Crippen molar-refractivity contribution in [1.29, 1.82) is 0 Å². The van der Waals surface area contributed by atoms with Gasteiger partial charge in [0.05, 0.1) is 7.11 Å². The number of ether oxygens (including phenoxy) is 1. The molecule has 0 fully saturated rings. The van der Waals surface area contributed by atoms with E-state index < -0.39 is 0 Å². The van der Waals surface area contributed by atoms with Crippen molar-refractivity contribution in [3.8, 4) is 5.75 Å². The molecular formula is C12H16FNO2. The normalized spacial score (nSPS) is 10.2. The minimum Gasteiger partial charge on any atom is -0.494 e. The molecule has 1 aromatic carbocycles. The van der Waals surface area contributed by atoms with Gasteiger partial charge in [-0.1, -0.05) is 6.07 Å². The number of carbonyl (C=O) groups excluding carboxylic acids is 1. The van der Waals surface area contributed by atoms with Gasteiger partial charge in [0.15, 0.2) is 11.6 Å². The van der Waals surface area contributed by atoms with Gasteiger partial charge < -0.3 is 10.1 Å². The van der Waals surface area contributed by atoms with Gasteiger partial charge >= 0.3 is 0 Å². The minimum absolute atomic E-state index is 0.147. The first-order valence-electron chi connectivity index (χ1n) is 5.16. The second kappa shape index (κ2) is 6.23. The Bertz CT molecular complexity index is 366. The zero-order valence-corrected chi connectivity index (χ0v) is 9.55.